The van der Waals surface area contributed by atoms with E-state index in [0.717, 1.165) is 13.0 Å². The van der Waals surface area contributed by atoms with Crippen molar-refractivity contribution in [2.75, 3.05) is 6.61 Å². The zero-order valence-corrected chi connectivity index (χ0v) is 12.1. The molecule has 1 aliphatic rings. The highest BCUT2D eigenvalue weighted by atomic mass is 16.5. The van der Waals surface area contributed by atoms with E-state index in [4.69, 9.17) is 10.6 Å². The molecule has 0 saturated carbocycles. The molecule has 2 atom stereocenters. The van der Waals surface area contributed by atoms with Gasteiger partial charge in [0, 0.05) is 12.6 Å². The molecule has 0 aromatic heterocycles. The van der Waals surface area contributed by atoms with Gasteiger partial charge in [-0.2, -0.15) is 0 Å². The Hall–Kier alpha value is -0.120. The summed E-state index contributed by atoms with van der Waals surface area (Å²) in [7, 11) is 0. The van der Waals surface area contributed by atoms with Crippen LogP contribution in [0.2, 0.25) is 0 Å². The Labute approximate surface area is 113 Å². The van der Waals surface area contributed by atoms with Crippen molar-refractivity contribution in [1.29, 1.82) is 0 Å². The number of hydrazine groups is 1. The van der Waals surface area contributed by atoms with Gasteiger partial charge in [0.2, 0.25) is 0 Å². The van der Waals surface area contributed by atoms with Crippen LogP contribution in [0.3, 0.4) is 0 Å². The van der Waals surface area contributed by atoms with Crippen LogP contribution < -0.4 is 11.3 Å². The van der Waals surface area contributed by atoms with Gasteiger partial charge in [-0.05, 0) is 25.7 Å². The van der Waals surface area contributed by atoms with E-state index in [1.807, 2.05) is 0 Å². The predicted octanol–water partition coefficient (Wildman–Crippen LogP) is 3.53. The van der Waals surface area contributed by atoms with Gasteiger partial charge in [0.25, 0.3) is 0 Å². The summed E-state index contributed by atoms with van der Waals surface area (Å²) in [5.41, 5.74) is 2.96. The standard InChI is InChI=1S/C15H32N2O/c1-2-3-4-5-6-7-8-11-14(17-16)15-12-9-10-13-18-15/h14-15,17H,2-13,16H2,1H3. The molecule has 2 unspecified atom stereocenters. The maximum Gasteiger partial charge on any atom is 0.0741 e. The highest BCUT2D eigenvalue weighted by Gasteiger charge is 2.22. The van der Waals surface area contributed by atoms with Crippen LogP contribution in [0.25, 0.3) is 0 Å². The van der Waals surface area contributed by atoms with Crippen LogP contribution >= 0.6 is 0 Å². The van der Waals surface area contributed by atoms with Crippen LogP contribution in [0.5, 0.6) is 0 Å². The van der Waals surface area contributed by atoms with E-state index in [1.54, 1.807) is 0 Å². The molecular weight excluding hydrogens is 224 g/mol. The van der Waals surface area contributed by atoms with Crippen LogP contribution in [-0.2, 0) is 4.74 Å². The predicted molar refractivity (Wildman–Crippen MR) is 77.3 cm³/mol. The third kappa shape index (κ3) is 6.72. The monoisotopic (exact) mass is 256 g/mol. The molecule has 0 bridgehead atoms. The topological polar surface area (TPSA) is 47.3 Å². The SMILES string of the molecule is CCCCCCCCCC(NN)C1CCCCO1. The molecule has 3 heteroatoms. The zero-order valence-electron chi connectivity index (χ0n) is 12.1. The molecule has 1 rings (SSSR count). The molecule has 1 fully saturated rings. The van der Waals surface area contributed by atoms with Gasteiger partial charge < -0.3 is 4.74 Å². The Morgan fingerprint density at radius 1 is 1.11 bits per heavy atom. The second-order valence-corrected chi connectivity index (χ2v) is 5.59. The minimum atomic E-state index is 0.351. The van der Waals surface area contributed by atoms with Gasteiger partial charge in [0.15, 0.2) is 0 Å². The first-order valence-electron chi connectivity index (χ1n) is 7.96. The fourth-order valence-electron chi connectivity index (χ4n) is 2.78. The van der Waals surface area contributed by atoms with E-state index < -0.39 is 0 Å². The smallest absolute Gasteiger partial charge is 0.0741 e. The number of nitrogens with two attached hydrogens (primary N) is 1. The minimum absolute atomic E-state index is 0.351. The van der Waals surface area contributed by atoms with Gasteiger partial charge in [0.1, 0.15) is 0 Å². The summed E-state index contributed by atoms with van der Waals surface area (Å²) in [4.78, 5) is 0. The lowest BCUT2D eigenvalue weighted by Crippen LogP contribution is -2.46. The average Bonchev–Trinajstić information content (AvgIpc) is 2.43. The highest BCUT2D eigenvalue weighted by molar-refractivity contribution is 4.77. The Kier molecular flexibility index (Phi) is 9.54. The quantitative estimate of drug-likeness (QED) is 0.357. The molecule has 0 aromatic rings. The molecule has 1 heterocycles. The van der Waals surface area contributed by atoms with Gasteiger partial charge >= 0.3 is 0 Å². The summed E-state index contributed by atoms with van der Waals surface area (Å²) >= 11 is 0. The second-order valence-electron chi connectivity index (χ2n) is 5.59. The normalized spacial score (nSPS) is 22.0. The summed E-state index contributed by atoms with van der Waals surface area (Å²) in [6.45, 7) is 3.18. The lowest BCUT2D eigenvalue weighted by atomic mass is 9.97. The fourth-order valence-corrected chi connectivity index (χ4v) is 2.78. The van der Waals surface area contributed by atoms with E-state index in [2.05, 4.69) is 12.3 Å². The van der Waals surface area contributed by atoms with Gasteiger partial charge in [0.05, 0.1) is 6.10 Å². The molecule has 1 aliphatic heterocycles. The number of hydrogen-bond donors (Lipinski definition) is 2. The number of nitrogens with one attached hydrogen (secondary N) is 1. The molecule has 0 aromatic carbocycles. The van der Waals surface area contributed by atoms with Crippen molar-refractivity contribution < 1.29 is 4.74 Å². The Balaban J connectivity index is 2.00. The highest BCUT2D eigenvalue weighted by Crippen LogP contribution is 2.19. The second kappa shape index (κ2) is 10.8. The third-order valence-corrected chi connectivity index (χ3v) is 4.00. The first-order chi connectivity index (χ1) is 8.88. The molecule has 1 saturated heterocycles. The van der Waals surface area contributed by atoms with E-state index in [1.165, 1.54) is 64.2 Å². The molecule has 0 amide bonds. The molecule has 18 heavy (non-hydrogen) atoms. The van der Waals surface area contributed by atoms with Gasteiger partial charge in [-0.1, -0.05) is 51.9 Å². The van der Waals surface area contributed by atoms with Crippen molar-refractivity contribution in [2.45, 2.75) is 89.7 Å². The summed E-state index contributed by atoms with van der Waals surface area (Å²) < 4.78 is 5.80. The summed E-state index contributed by atoms with van der Waals surface area (Å²) in [5.74, 6) is 5.65. The molecular formula is C15H32N2O. The molecule has 0 spiro atoms. The van der Waals surface area contributed by atoms with Crippen molar-refractivity contribution in [3.05, 3.63) is 0 Å². The summed E-state index contributed by atoms with van der Waals surface area (Å²) in [6, 6.07) is 0.362. The van der Waals surface area contributed by atoms with E-state index in [0.29, 0.717) is 12.1 Å². The van der Waals surface area contributed by atoms with Crippen LogP contribution in [0, 0.1) is 0 Å². The van der Waals surface area contributed by atoms with E-state index in [-0.39, 0.29) is 0 Å². The lowest BCUT2D eigenvalue weighted by molar-refractivity contribution is -0.00978. The number of unbranched alkanes of at least 4 members (excludes halogenated alkanes) is 6. The molecule has 0 radical (unpaired) electrons. The lowest BCUT2D eigenvalue weighted by Gasteiger charge is -2.30. The average molecular weight is 256 g/mol. The molecule has 3 nitrogen and oxygen atoms in total. The molecule has 0 aliphatic carbocycles. The molecule has 3 N–H and O–H groups in total. The number of rotatable bonds is 10. The Morgan fingerprint density at radius 3 is 2.44 bits per heavy atom. The zero-order chi connectivity index (χ0) is 13.1. The Bertz CT molecular complexity index is 181. The van der Waals surface area contributed by atoms with Gasteiger partial charge in [-0.3, -0.25) is 11.3 Å². The van der Waals surface area contributed by atoms with Gasteiger partial charge in [-0.25, -0.2) is 0 Å². The largest absolute Gasteiger partial charge is 0.377 e. The van der Waals surface area contributed by atoms with E-state index in [9.17, 15) is 0 Å². The van der Waals surface area contributed by atoms with E-state index >= 15 is 0 Å². The third-order valence-electron chi connectivity index (χ3n) is 4.00. The first kappa shape index (κ1) is 15.9. The molecule has 108 valence electrons. The van der Waals surface area contributed by atoms with Crippen LogP contribution in [-0.4, -0.2) is 18.8 Å². The fraction of sp³-hybridized carbons (Fsp3) is 1.00. The van der Waals surface area contributed by atoms with Crippen molar-refractivity contribution in [2.24, 2.45) is 5.84 Å². The summed E-state index contributed by atoms with van der Waals surface area (Å²) in [6.07, 6.45) is 14.7. The van der Waals surface area contributed by atoms with Crippen LogP contribution in [0.1, 0.15) is 77.6 Å². The number of ether oxygens (including phenoxy) is 1. The maximum absolute atomic E-state index is 5.80. The van der Waals surface area contributed by atoms with Crippen molar-refractivity contribution in [3.8, 4) is 0 Å². The minimum Gasteiger partial charge on any atom is -0.377 e. The first-order valence-corrected chi connectivity index (χ1v) is 7.96. The van der Waals surface area contributed by atoms with Crippen molar-refractivity contribution in [1.82, 2.24) is 5.43 Å². The Morgan fingerprint density at radius 2 is 1.83 bits per heavy atom. The van der Waals surface area contributed by atoms with Crippen molar-refractivity contribution >= 4 is 0 Å². The summed E-state index contributed by atoms with van der Waals surface area (Å²) in [5, 5.41) is 0. The maximum atomic E-state index is 5.80. The van der Waals surface area contributed by atoms with Crippen molar-refractivity contribution in [3.63, 3.8) is 0 Å². The van der Waals surface area contributed by atoms with Crippen LogP contribution in [0.4, 0.5) is 0 Å². The van der Waals surface area contributed by atoms with Gasteiger partial charge in [-0.15, -0.1) is 0 Å². The van der Waals surface area contributed by atoms with Crippen LogP contribution in [0.15, 0.2) is 0 Å². The number of hydrogen-bond acceptors (Lipinski definition) is 3.